The molecule has 35 heavy (non-hydrogen) atoms. The number of nitrogens with one attached hydrogen (secondary N) is 1. The smallest absolute Gasteiger partial charge is 0.356 e. The van der Waals surface area contributed by atoms with E-state index in [2.05, 4.69) is 21.2 Å². The van der Waals surface area contributed by atoms with Gasteiger partial charge in [-0.15, -0.1) is 0 Å². The molecule has 0 bridgehead atoms. The van der Waals surface area contributed by atoms with Crippen LogP contribution in [0.4, 0.5) is 17.6 Å². The molecule has 1 amide bonds. The van der Waals surface area contributed by atoms with Crippen LogP contribution in [0.5, 0.6) is 0 Å². The van der Waals surface area contributed by atoms with E-state index >= 15 is 0 Å². The van der Waals surface area contributed by atoms with E-state index in [9.17, 15) is 22.4 Å². The van der Waals surface area contributed by atoms with E-state index in [1.807, 2.05) is 0 Å². The lowest BCUT2D eigenvalue weighted by Gasteiger charge is -2.50. The van der Waals surface area contributed by atoms with Crippen LogP contribution in [0.25, 0.3) is 0 Å². The van der Waals surface area contributed by atoms with E-state index in [0.29, 0.717) is 23.9 Å². The highest BCUT2D eigenvalue weighted by Gasteiger charge is 2.64. The first kappa shape index (κ1) is 26.4. The van der Waals surface area contributed by atoms with E-state index in [1.165, 1.54) is 29.2 Å². The van der Waals surface area contributed by atoms with Crippen LogP contribution in [0.2, 0.25) is 5.02 Å². The average molecular weight is 578 g/mol. The van der Waals surface area contributed by atoms with Crippen molar-refractivity contribution >= 4 is 33.4 Å². The predicted octanol–water partition coefficient (Wildman–Crippen LogP) is 6.03. The van der Waals surface area contributed by atoms with Crippen LogP contribution in [0.3, 0.4) is 0 Å². The van der Waals surface area contributed by atoms with E-state index in [0.717, 1.165) is 31.7 Å². The first-order valence-electron chi connectivity index (χ1n) is 11.4. The molecule has 2 fully saturated rings. The van der Waals surface area contributed by atoms with Gasteiger partial charge in [-0.25, -0.2) is 4.39 Å². The maximum absolute atomic E-state index is 14.5. The second-order valence-corrected chi connectivity index (χ2v) is 10.6. The fraction of sp³-hybridized carbons (Fsp3) is 0.480. The number of rotatable bonds is 4. The Morgan fingerprint density at radius 1 is 1.14 bits per heavy atom. The zero-order chi connectivity index (χ0) is 25.4. The largest absolute Gasteiger partial charge is 0.430 e. The van der Waals surface area contributed by atoms with Gasteiger partial charge in [0.15, 0.2) is 0 Å². The number of methoxy groups -OCH3 is 1. The van der Waals surface area contributed by atoms with Crippen molar-refractivity contribution in [1.82, 2.24) is 10.2 Å². The van der Waals surface area contributed by atoms with Crippen molar-refractivity contribution in [2.45, 2.75) is 37.0 Å². The maximum atomic E-state index is 14.5. The number of alkyl halides is 3. The van der Waals surface area contributed by atoms with Gasteiger partial charge in [0.25, 0.3) is 11.5 Å². The SMILES string of the molecule is CO[C@@](C(=O)N1CCC2(CCNC[C@H]2c2ccc(F)cc2)CC1)(c1cc(Cl)cc(Br)c1)C(F)(F)F. The van der Waals surface area contributed by atoms with Crippen molar-refractivity contribution in [2.75, 3.05) is 33.3 Å². The van der Waals surface area contributed by atoms with Crippen molar-refractivity contribution in [2.24, 2.45) is 5.41 Å². The molecule has 4 nitrogen and oxygen atoms in total. The minimum atomic E-state index is -5.01. The van der Waals surface area contributed by atoms with Crippen molar-refractivity contribution in [3.05, 3.63) is 68.9 Å². The van der Waals surface area contributed by atoms with Crippen LogP contribution in [0.1, 0.15) is 36.3 Å². The van der Waals surface area contributed by atoms with Crippen LogP contribution in [-0.2, 0) is 15.1 Å². The van der Waals surface area contributed by atoms with Gasteiger partial charge >= 0.3 is 6.18 Å². The summed E-state index contributed by atoms with van der Waals surface area (Å²) < 4.78 is 62.4. The lowest BCUT2D eigenvalue weighted by molar-refractivity contribution is -0.271. The van der Waals surface area contributed by atoms with Crippen molar-refractivity contribution in [1.29, 1.82) is 0 Å². The lowest BCUT2D eigenvalue weighted by atomic mass is 9.62. The molecule has 0 radical (unpaired) electrons. The van der Waals surface area contributed by atoms with Gasteiger partial charge in [-0.05, 0) is 67.1 Å². The third-order valence-electron chi connectivity index (χ3n) is 7.48. The number of carbonyl (C=O) groups excluding carboxylic acids is 1. The number of nitrogens with zero attached hydrogens (tertiary/aromatic N) is 1. The highest BCUT2D eigenvalue weighted by molar-refractivity contribution is 9.10. The Balaban J connectivity index is 1.62. The molecule has 4 rings (SSSR count). The van der Waals surface area contributed by atoms with Gasteiger partial charge in [-0.1, -0.05) is 39.7 Å². The number of likely N-dealkylation sites (tertiary alicyclic amines) is 1. The molecule has 0 aromatic heterocycles. The third kappa shape index (κ3) is 4.84. The first-order valence-corrected chi connectivity index (χ1v) is 12.5. The molecule has 2 atom stereocenters. The minimum Gasteiger partial charge on any atom is -0.356 e. The number of ether oxygens (including phenoxy) is 1. The summed E-state index contributed by atoms with van der Waals surface area (Å²) in [5, 5.41) is 3.44. The number of benzene rings is 2. The lowest BCUT2D eigenvalue weighted by Crippen LogP contribution is -2.59. The number of amides is 1. The van der Waals surface area contributed by atoms with Gasteiger partial charge < -0.3 is 15.0 Å². The molecule has 10 heteroatoms. The van der Waals surface area contributed by atoms with Crippen LogP contribution < -0.4 is 5.32 Å². The molecule has 0 aliphatic carbocycles. The van der Waals surface area contributed by atoms with Crippen molar-refractivity contribution in [3.8, 4) is 0 Å². The summed E-state index contributed by atoms with van der Waals surface area (Å²) in [5.41, 5.74) is -2.74. The molecule has 2 saturated heterocycles. The van der Waals surface area contributed by atoms with E-state index in [1.54, 1.807) is 12.1 Å². The third-order valence-corrected chi connectivity index (χ3v) is 8.16. The summed E-state index contributed by atoms with van der Waals surface area (Å²) in [7, 11) is 0.892. The topological polar surface area (TPSA) is 41.6 Å². The number of hydrogen-bond acceptors (Lipinski definition) is 3. The summed E-state index contributed by atoms with van der Waals surface area (Å²) in [6.45, 7) is 1.81. The number of carbonyl (C=O) groups is 1. The first-order chi connectivity index (χ1) is 16.5. The molecule has 2 aliphatic rings. The Labute approximate surface area is 215 Å². The summed E-state index contributed by atoms with van der Waals surface area (Å²) in [6.07, 6.45) is -3.10. The van der Waals surface area contributed by atoms with Crippen molar-refractivity contribution < 1.29 is 27.1 Å². The molecule has 2 aromatic rings. The fourth-order valence-corrected chi connectivity index (χ4v) is 6.46. The molecular weight excluding hydrogens is 552 g/mol. The second-order valence-electron chi connectivity index (χ2n) is 9.25. The zero-order valence-electron chi connectivity index (χ0n) is 19.1. The Hall–Kier alpha value is -1.68. The second kappa shape index (κ2) is 10.00. The summed E-state index contributed by atoms with van der Waals surface area (Å²) in [6, 6.07) is 10.2. The average Bonchev–Trinajstić information content (AvgIpc) is 2.80. The standard InChI is InChI=1S/C25H26BrClF4N2O2/c1-35-24(25(29,30)31,17-12-18(26)14-19(27)13-17)22(34)33-10-7-23(8-11-33)6-9-32-15-21(23)16-2-4-20(28)5-3-16/h2-5,12-14,21,32H,6-11,15H2,1H3/t21-,24+/m0/s1. The number of piperidine rings is 2. The minimum absolute atomic E-state index is 0.0577. The van der Waals surface area contributed by atoms with E-state index in [-0.39, 0.29) is 40.8 Å². The Morgan fingerprint density at radius 2 is 1.80 bits per heavy atom. The summed E-state index contributed by atoms with van der Waals surface area (Å²) >= 11 is 9.19. The van der Waals surface area contributed by atoms with Gasteiger partial charge in [-0.2, -0.15) is 13.2 Å². The quantitative estimate of drug-likeness (QED) is 0.451. The zero-order valence-corrected chi connectivity index (χ0v) is 21.4. The summed E-state index contributed by atoms with van der Waals surface area (Å²) in [4.78, 5) is 14.8. The Kier molecular flexibility index (Phi) is 7.53. The van der Waals surface area contributed by atoms with Crippen LogP contribution in [0, 0.1) is 11.2 Å². The molecular formula is C25H26BrClF4N2O2. The molecule has 1 N–H and O–H groups in total. The molecule has 0 saturated carbocycles. The summed E-state index contributed by atoms with van der Waals surface area (Å²) in [5.74, 6) is -1.39. The normalized spacial score (nSPS) is 22.1. The van der Waals surface area contributed by atoms with E-state index < -0.39 is 17.7 Å². The number of hydrogen-bond donors (Lipinski definition) is 1. The van der Waals surface area contributed by atoms with Crippen LogP contribution in [0.15, 0.2) is 46.9 Å². The molecule has 190 valence electrons. The van der Waals surface area contributed by atoms with Gasteiger partial charge in [0.05, 0.1) is 0 Å². The van der Waals surface area contributed by atoms with Gasteiger partial charge in [0.1, 0.15) is 5.82 Å². The monoisotopic (exact) mass is 576 g/mol. The van der Waals surface area contributed by atoms with Gasteiger partial charge in [0.2, 0.25) is 0 Å². The Bertz CT molecular complexity index is 1050. The fourth-order valence-electron chi connectivity index (χ4n) is 5.60. The number of halogens is 6. The van der Waals surface area contributed by atoms with Crippen LogP contribution in [-0.4, -0.2) is 50.3 Å². The molecule has 2 heterocycles. The molecule has 2 aliphatic heterocycles. The van der Waals surface area contributed by atoms with Gasteiger partial charge in [-0.3, -0.25) is 4.79 Å². The molecule has 0 unspecified atom stereocenters. The van der Waals surface area contributed by atoms with Gasteiger partial charge in [0, 0.05) is 47.7 Å². The molecule has 1 spiro atoms. The highest BCUT2D eigenvalue weighted by Crippen LogP contribution is 2.50. The predicted molar refractivity (Wildman–Crippen MR) is 129 cm³/mol. The van der Waals surface area contributed by atoms with Crippen molar-refractivity contribution in [3.63, 3.8) is 0 Å². The highest BCUT2D eigenvalue weighted by atomic mass is 79.9. The van der Waals surface area contributed by atoms with E-state index in [4.69, 9.17) is 16.3 Å². The Morgan fingerprint density at radius 3 is 2.37 bits per heavy atom. The maximum Gasteiger partial charge on any atom is 0.430 e. The van der Waals surface area contributed by atoms with Crippen LogP contribution >= 0.6 is 27.5 Å². The molecule has 2 aromatic carbocycles.